The van der Waals surface area contributed by atoms with Gasteiger partial charge in [-0.3, -0.25) is 10.9 Å². The second-order valence-corrected chi connectivity index (χ2v) is 11.7. The maximum atomic E-state index is 5.34. The minimum atomic E-state index is 0. The molecule has 8 nitrogen and oxygen atoms in total. The van der Waals surface area contributed by atoms with Crippen LogP contribution in [0.1, 0.15) is 81.1 Å². The van der Waals surface area contributed by atoms with E-state index in [0.717, 1.165) is 37.1 Å². The summed E-state index contributed by atoms with van der Waals surface area (Å²) >= 11 is 9.44. The van der Waals surface area contributed by atoms with Crippen LogP contribution in [0, 0.1) is 0 Å². The zero-order valence-corrected chi connectivity index (χ0v) is 22.6. The number of piperidine rings is 2. The smallest absolute Gasteiger partial charge is 0.184 e. The van der Waals surface area contributed by atoms with Crippen LogP contribution in [-0.4, -0.2) is 43.8 Å². The number of hydrogen-bond donors (Lipinski definition) is 6. The van der Waals surface area contributed by atoms with Crippen molar-refractivity contribution < 1.29 is 16.5 Å². The van der Waals surface area contributed by atoms with Gasteiger partial charge in [-0.2, -0.15) is 10.2 Å². The molecule has 11 heteroatoms. The standard InChI is InChI=1S/2C10H20N4S.Ni/c2*1-9(2)5-7(12-13-8(11)15)6-10(3,4)14-9;/h2*14H,5-6H2,1-4H3,(H3,11,13,15);. The van der Waals surface area contributed by atoms with Gasteiger partial charge in [0.1, 0.15) is 0 Å². The zero-order valence-electron chi connectivity index (χ0n) is 20.0. The predicted molar refractivity (Wildman–Crippen MR) is 136 cm³/mol. The Hall–Kier alpha value is -0.866. The van der Waals surface area contributed by atoms with Crippen molar-refractivity contribution in [3.05, 3.63) is 0 Å². The summed E-state index contributed by atoms with van der Waals surface area (Å²) in [5, 5.41) is 16.1. The van der Waals surface area contributed by atoms with Gasteiger partial charge in [0, 0.05) is 75.8 Å². The molecule has 8 N–H and O–H groups in total. The molecule has 2 aliphatic rings. The molecule has 2 heterocycles. The number of nitrogens with one attached hydrogen (secondary N) is 4. The molecule has 2 saturated heterocycles. The molecule has 2 rings (SSSR count). The van der Waals surface area contributed by atoms with Gasteiger partial charge in [-0.1, -0.05) is 0 Å². The quantitative estimate of drug-likeness (QED) is 0.188. The van der Waals surface area contributed by atoms with Gasteiger partial charge in [0.15, 0.2) is 10.2 Å². The first-order valence-corrected chi connectivity index (χ1v) is 11.0. The third-order valence-electron chi connectivity index (χ3n) is 4.59. The van der Waals surface area contributed by atoms with E-state index in [1.165, 1.54) is 0 Å². The Balaban J connectivity index is 0.000000562. The van der Waals surface area contributed by atoms with Crippen LogP contribution in [0.2, 0.25) is 0 Å². The predicted octanol–water partition coefficient (Wildman–Crippen LogP) is 2.23. The first kappa shape index (κ1) is 30.1. The molecule has 0 radical (unpaired) electrons. The van der Waals surface area contributed by atoms with Gasteiger partial charge in [0.25, 0.3) is 0 Å². The molecule has 0 amide bonds. The monoisotopic (exact) mass is 514 g/mol. The van der Waals surface area contributed by atoms with E-state index in [2.05, 4.69) is 87.1 Å². The number of nitrogens with two attached hydrogens (primary N) is 2. The molecular formula is C20H40N8NiS2. The summed E-state index contributed by atoms with van der Waals surface area (Å²) in [5.41, 5.74) is 18.5. The summed E-state index contributed by atoms with van der Waals surface area (Å²) in [7, 11) is 0. The molecule has 0 atom stereocenters. The van der Waals surface area contributed by atoms with Crippen molar-refractivity contribution in [1.29, 1.82) is 0 Å². The number of thiocarbonyl (C=S) groups is 2. The number of hydrogen-bond acceptors (Lipinski definition) is 6. The molecule has 0 spiro atoms. The molecule has 0 aliphatic carbocycles. The fourth-order valence-electron chi connectivity index (χ4n) is 4.60. The third-order valence-corrected chi connectivity index (χ3v) is 4.77. The molecule has 2 fully saturated rings. The SMILES string of the molecule is CC1(C)CC(=NNC(N)=S)CC(C)(C)N1.CC1(C)CC(=NNC(N)=S)CC(C)(C)N1.[Ni]. The average Bonchev–Trinajstić information content (AvgIpc) is 2.45. The Kier molecular flexibility index (Phi) is 11.0. The molecule has 0 aromatic carbocycles. The normalized spacial score (nSPS) is 22.6. The Bertz CT molecular complexity index is 618. The fourth-order valence-corrected chi connectivity index (χ4v) is 4.69. The van der Waals surface area contributed by atoms with Crippen molar-refractivity contribution in [2.75, 3.05) is 0 Å². The van der Waals surface area contributed by atoms with Crippen molar-refractivity contribution in [3.8, 4) is 0 Å². The van der Waals surface area contributed by atoms with Crippen LogP contribution in [0.3, 0.4) is 0 Å². The number of nitrogens with zero attached hydrogens (tertiary/aromatic N) is 2. The minimum Gasteiger partial charge on any atom is -0.375 e. The maximum absolute atomic E-state index is 5.34. The third kappa shape index (κ3) is 12.7. The Morgan fingerprint density at radius 3 is 1.10 bits per heavy atom. The van der Waals surface area contributed by atoms with E-state index >= 15 is 0 Å². The van der Waals surface area contributed by atoms with Crippen LogP contribution >= 0.6 is 24.4 Å². The molecule has 0 aromatic heterocycles. The average molecular weight is 515 g/mol. The summed E-state index contributed by atoms with van der Waals surface area (Å²) < 4.78 is 0. The van der Waals surface area contributed by atoms with E-state index in [4.69, 9.17) is 35.9 Å². The van der Waals surface area contributed by atoms with Crippen LogP contribution < -0.4 is 33.0 Å². The molecule has 2 aliphatic heterocycles. The molecule has 0 bridgehead atoms. The molecule has 0 saturated carbocycles. The van der Waals surface area contributed by atoms with Crippen LogP contribution in [-0.2, 0) is 16.5 Å². The number of hydrazone groups is 2. The van der Waals surface area contributed by atoms with Crippen molar-refractivity contribution >= 4 is 46.1 Å². The zero-order chi connectivity index (χ0) is 23.4. The van der Waals surface area contributed by atoms with Crippen LogP contribution in [0.4, 0.5) is 0 Å². The van der Waals surface area contributed by atoms with Crippen molar-refractivity contribution in [2.24, 2.45) is 21.7 Å². The van der Waals surface area contributed by atoms with E-state index in [1.807, 2.05) is 0 Å². The van der Waals surface area contributed by atoms with Gasteiger partial charge in [-0.15, -0.1) is 0 Å². The van der Waals surface area contributed by atoms with Gasteiger partial charge >= 0.3 is 0 Å². The van der Waals surface area contributed by atoms with Crippen molar-refractivity contribution in [3.63, 3.8) is 0 Å². The summed E-state index contributed by atoms with van der Waals surface area (Å²) in [4.78, 5) is 0. The maximum Gasteiger partial charge on any atom is 0.184 e. The molecule has 0 aromatic rings. The minimum absolute atomic E-state index is 0. The first-order chi connectivity index (χ1) is 13.4. The summed E-state index contributed by atoms with van der Waals surface area (Å²) in [6, 6.07) is 0. The Morgan fingerprint density at radius 2 is 0.903 bits per heavy atom. The first-order valence-electron chi connectivity index (χ1n) is 10.2. The van der Waals surface area contributed by atoms with Crippen LogP contribution in [0.15, 0.2) is 10.2 Å². The summed E-state index contributed by atoms with van der Waals surface area (Å²) in [5.74, 6) is 0. The van der Waals surface area contributed by atoms with Crippen LogP contribution in [0.25, 0.3) is 0 Å². The van der Waals surface area contributed by atoms with Gasteiger partial charge in [0.05, 0.1) is 0 Å². The van der Waals surface area contributed by atoms with E-state index in [0.29, 0.717) is 0 Å². The van der Waals surface area contributed by atoms with Crippen molar-refractivity contribution in [1.82, 2.24) is 21.5 Å². The molecule has 182 valence electrons. The van der Waals surface area contributed by atoms with Gasteiger partial charge in [-0.05, 0) is 79.8 Å². The van der Waals surface area contributed by atoms with E-state index < -0.39 is 0 Å². The Labute approximate surface area is 208 Å². The Morgan fingerprint density at radius 1 is 0.677 bits per heavy atom. The summed E-state index contributed by atoms with van der Waals surface area (Å²) in [6.45, 7) is 17.4. The molecule has 0 unspecified atom stereocenters. The summed E-state index contributed by atoms with van der Waals surface area (Å²) in [6.07, 6.45) is 3.64. The van der Waals surface area contributed by atoms with Crippen molar-refractivity contribution in [2.45, 2.75) is 103 Å². The second-order valence-electron chi connectivity index (χ2n) is 10.8. The largest absolute Gasteiger partial charge is 0.375 e. The second kappa shape index (κ2) is 11.3. The molecular weight excluding hydrogens is 475 g/mol. The fraction of sp³-hybridized carbons (Fsp3) is 0.800. The molecule has 31 heavy (non-hydrogen) atoms. The van der Waals surface area contributed by atoms with Gasteiger partial charge in [-0.25, -0.2) is 0 Å². The van der Waals surface area contributed by atoms with Gasteiger partial charge in [0.2, 0.25) is 0 Å². The topological polar surface area (TPSA) is 125 Å². The van der Waals surface area contributed by atoms with Gasteiger partial charge < -0.3 is 22.1 Å². The van der Waals surface area contributed by atoms with E-state index in [9.17, 15) is 0 Å². The van der Waals surface area contributed by atoms with E-state index in [1.54, 1.807) is 0 Å². The van der Waals surface area contributed by atoms with E-state index in [-0.39, 0.29) is 48.9 Å². The van der Waals surface area contributed by atoms with Crippen LogP contribution in [0.5, 0.6) is 0 Å². The number of rotatable bonds is 2.